The minimum absolute atomic E-state index is 0.0605. The van der Waals surface area contributed by atoms with E-state index < -0.39 is 0 Å². The number of aryl methyl sites for hydroxylation is 1. The van der Waals surface area contributed by atoms with Crippen LogP contribution in [0.2, 0.25) is 0 Å². The Morgan fingerprint density at radius 2 is 2.11 bits per heavy atom. The zero-order valence-electron chi connectivity index (χ0n) is 9.94. The van der Waals surface area contributed by atoms with E-state index in [1.54, 1.807) is 12.1 Å². The molecule has 1 aliphatic carbocycles. The third-order valence-corrected chi connectivity index (χ3v) is 3.45. The van der Waals surface area contributed by atoms with E-state index in [9.17, 15) is 5.11 Å². The summed E-state index contributed by atoms with van der Waals surface area (Å²) in [6, 6.07) is 5.59. The van der Waals surface area contributed by atoms with E-state index in [1.165, 1.54) is 12.0 Å². The Morgan fingerprint density at radius 1 is 1.39 bits per heavy atom. The maximum absolute atomic E-state index is 9.95. The Bertz CT molecular complexity index is 570. The van der Waals surface area contributed by atoms with E-state index in [-0.39, 0.29) is 16.3 Å². The molecule has 3 nitrogen and oxygen atoms in total. The molecule has 0 saturated heterocycles. The molecule has 0 amide bonds. The Kier molecular flexibility index (Phi) is 3.63. The molecule has 0 fully saturated rings. The molecular formula is C14H14N2OS. The van der Waals surface area contributed by atoms with Gasteiger partial charge in [0.1, 0.15) is 16.8 Å². The second-order valence-corrected chi connectivity index (χ2v) is 4.82. The van der Waals surface area contributed by atoms with Gasteiger partial charge in [0.15, 0.2) is 0 Å². The first kappa shape index (κ1) is 12.6. The van der Waals surface area contributed by atoms with Crippen molar-refractivity contribution in [1.82, 2.24) is 0 Å². The molecule has 4 heteroatoms. The molecule has 3 N–H and O–H groups in total. The number of fused-ring (bicyclic) bond motifs is 1. The normalized spacial score (nSPS) is 14.7. The monoisotopic (exact) mass is 258 g/mol. The molecular weight excluding hydrogens is 244 g/mol. The lowest BCUT2D eigenvalue weighted by Gasteiger charge is -2.19. The molecule has 0 unspecified atom stereocenters. The van der Waals surface area contributed by atoms with Crippen molar-refractivity contribution in [2.24, 2.45) is 5.73 Å². The lowest BCUT2D eigenvalue weighted by Crippen LogP contribution is -2.10. The van der Waals surface area contributed by atoms with Crippen molar-refractivity contribution in [3.63, 3.8) is 0 Å². The van der Waals surface area contributed by atoms with Crippen molar-refractivity contribution in [2.75, 3.05) is 0 Å². The SMILES string of the molecule is N#C/C(=C/c1c(O)ccc2c1CCCC2)C(N)=S. The predicted molar refractivity (Wildman–Crippen MR) is 75.1 cm³/mol. The number of nitriles is 1. The van der Waals surface area contributed by atoms with Crippen LogP contribution in [0.15, 0.2) is 17.7 Å². The average molecular weight is 258 g/mol. The predicted octanol–water partition coefficient (Wildman–Crippen LogP) is 2.46. The van der Waals surface area contributed by atoms with Gasteiger partial charge in [-0.3, -0.25) is 0 Å². The van der Waals surface area contributed by atoms with Gasteiger partial charge in [-0.25, -0.2) is 0 Å². The molecule has 2 rings (SSSR count). The first-order valence-electron chi connectivity index (χ1n) is 5.89. The van der Waals surface area contributed by atoms with Gasteiger partial charge in [-0.15, -0.1) is 0 Å². The van der Waals surface area contributed by atoms with Crippen LogP contribution in [0.1, 0.15) is 29.5 Å². The molecule has 0 aromatic heterocycles. The summed E-state index contributed by atoms with van der Waals surface area (Å²) in [4.78, 5) is 0.0605. The summed E-state index contributed by atoms with van der Waals surface area (Å²) in [5, 5.41) is 18.9. The van der Waals surface area contributed by atoms with Gasteiger partial charge in [-0.05, 0) is 49.0 Å². The molecule has 0 heterocycles. The number of benzene rings is 1. The van der Waals surface area contributed by atoms with Gasteiger partial charge in [0, 0.05) is 5.56 Å². The maximum atomic E-state index is 9.95. The molecule has 0 aliphatic heterocycles. The summed E-state index contributed by atoms with van der Waals surface area (Å²) >= 11 is 4.82. The number of aromatic hydroxyl groups is 1. The molecule has 1 aromatic carbocycles. The maximum Gasteiger partial charge on any atom is 0.123 e. The second kappa shape index (κ2) is 5.19. The van der Waals surface area contributed by atoms with Crippen molar-refractivity contribution in [3.8, 4) is 11.8 Å². The number of nitrogens with zero attached hydrogens (tertiary/aromatic N) is 1. The molecule has 0 saturated carbocycles. The number of rotatable bonds is 2. The van der Waals surface area contributed by atoms with E-state index >= 15 is 0 Å². The summed E-state index contributed by atoms with van der Waals surface area (Å²) < 4.78 is 0. The highest BCUT2D eigenvalue weighted by Crippen LogP contribution is 2.32. The van der Waals surface area contributed by atoms with E-state index in [0.29, 0.717) is 5.56 Å². The Balaban J connectivity index is 2.57. The van der Waals surface area contributed by atoms with Crippen LogP contribution < -0.4 is 5.73 Å². The van der Waals surface area contributed by atoms with Crippen molar-refractivity contribution >= 4 is 23.3 Å². The number of thiocarbonyl (C=S) groups is 1. The minimum Gasteiger partial charge on any atom is -0.507 e. The lowest BCUT2D eigenvalue weighted by atomic mass is 9.87. The number of nitrogens with two attached hydrogens (primary N) is 1. The molecule has 0 spiro atoms. The van der Waals surface area contributed by atoms with E-state index in [1.807, 2.05) is 12.1 Å². The van der Waals surface area contributed by atoms with Gasteiger partial charge in [0.25, 0.3) is 0 Å². The highest BCUT2D eigenvalue weighted by molar-refractivity contribution is 7.80. The molecule has 92 valence electrons. The standard InChI is InChI=1S/C14H14N2OS/c15-8-10(14(16)18)7-12-11-4-2-1-3-9(11)5-6-13(12)17/h5-7,17H,1-4H2,(H2,16,18)/b10-7-. The largest absolute Gasteiger partial charge is 0.507 e. The van der Waals surface area contributed by atoms with Crippen molar-refractivity contribution in [2.45, 2.75) is 25.7 Å². The number of phenolic OH excluding ortho intramolecular Hbond substituents is 1. The zero-order chi connectivity index (χ0) is 13.1. The van der Waals surface area contributed by atoms with E-state index in [2.05, 4.69) is 0 Å². The highest BCUT2D eigenvalue weighted by Gasteiger charge is 2.16. The molecule has 1 aromatic rings. The summed E-state index contributed by atoms with van der Waals surface area (Å²) in [7, 11) is 0. The molecule has 1 aliphatic rings. The fraction of sp³-hybridized carbons (Fsp3) is 0.286. The zero-order valence-corrected chi connectivity index (χ0v) is 10.8. The lowest BCUT2D eigenvalue weighted by molar-refractivity contribution is 0.472. The summed E-state index contributed by atoms with van der Waals surface area (Å²) in [5.74, 6) is 0.180. The van der Waals surface area contributed by atoms with Crippen molar-refractivity contribution in [1.29, 1.82) is 5.26 Å². The van der Waals surface area contributed by atoms with E-state index in [0.717, 1.165) is 24.8 Å². The minimum atomic E-state index is 0.0605. The van der Waals surface area contributed by atoms with Crippen LogP contribution in [0.5, 0.6) is 5.75 Å². The van der Waals surface area contributed by atoms with Crippen LogP contribution in [0, 0.1) is 11.3 Å². The van der Waals surface area contributed by atoms with Crippen LogP contribution in [0.4, 0.5) is 0 Å². The fourth-order valence-electron chi connectivity index (χ4n) is 2.31. The topological polar surface area (TPSA) is 70.0 Å². The van der Waals surface area contributed by atoms with Gasteiger partial charge in [-0.1, -0.05) is 18.3 Å². The van der Waals surface area contributed by atoms with Crippen LogP contribution >= 0.6 is 12.2 Å². The van der Waals surface area contributed by atoms with Crippen LogP contribution in [0.3, 0.4) is 0 Å². The fourth-order valence-corrected chi connectivity index (χ4v) is 2.41. The molecule has 0 atom stereocenters. The Labute approximate surface area is 112 Å². The quantitative estimate of drug-likeness (QED) is 0.485. The average Bonchev–Trinajstić information content (AvgIpc) is 2.37. The molecule has 0 radical (unpaired) electrons. The van der Waals surface area contributed by atoms with Gasteiger partial charge >= 0.3 is 0 Å². The Morgan fingerprint density at radius 3 is 2.78 bits per heavy atom. The van der Waals surface area contributed by atoms with Crippen LogP contribution in [0.25, 0.3) is 6.08 Å². The van der Waals surface area contributed by atoms with Crippen LogP contribution in [-0.2, 0) is 12.8 Å². The number of hydrogen-bond donors (Lipinski definition) is 2. The third-order valence-electron chi connectivity index (χ3n) is 3.23. The Hall–Kier alpha value is -1.86. The van der Waals surface area contributed by atoms with Gasteiger partial charge < -0.3 is 10.8 Å². The van der Waals surface area contributed by atoms with Gasteiger partial charge in [0.05, 0.1) is 5.57 Å². The van der Waals surface area contributed by atoms with Gasteiger partial charge in [-0.2, -0.15) is 5.26 Å². The molecule has 0 bridgehead atoms. The van der Waals surface area contributed by atoms with Crippen molar-refractivity contribution < 1.29 is 5.11 Å². The first-order chi connectivity index (χ1) is 8.63. The first-order valence-corrected chi connectivity index (χ1v) is 6.29. The highest BCUT2D eigenvalue weighted by atomic mass is 32.1. The number of hydrogen-bond acceptors (Lipinski definition) is 3. The summed E-state index contributed by atoms with van der Waals surface area (Å²) in [6.45, 7) is 0. The van der Waals surface area contributed by atoms with Crippen LogP contribution in [-0.4, -0.2) is 10.1 Å². The second-order valence-electron chi connectivity index (χ2n) is 4.38. The number of phenols is 1. The molecule has 18 heavy (non-hydrogen) atoms. The third kappa shape index (κ3) is 2.36. The smallest absolute Gasteiger partial charge is 0.123 e. The summed E-state index contributed by atoms with van der Waals surface area (Å²) in [6.07, 6.45) is 5.81. The van der Waals surface area contributed by atoms with Crippen molar-refractivity contribution in [3.05, 3.63) is 34.4 Å². The van der Waals surface area contributed by atoms with Gasteiger partial charge in [0.2, 0.25) is 0 Å². The van der Waals surface area contributed by atoms with E-state index in [4.69, 9.17) is 23.2 Å². The summed E-state index contributed by atoms with van der Waals surface area (Å²) in [5.41, 5.74) is 8.76.